The first-order valence-corrected chi connectivity index (χ1v) is 9.56. The molecule has 2 rings (SSSR count). The average molecular weight is 350 g/mol. The molecule has 0 saturated carbocycles. The van der Waals surface area contributed by atoms with E-state index in [1.54, 1.807) is 23.0 Å². The minimum absolute atomic E-state index is 0.00423. The zero-order valence-corrected chi connectivity index (χ0v) is 16.1. The molecule has 0 saturated heterocycles. The summed E-state index contributed by atoms with van der Waals surface area (Å²) in [6.45, 7) is 10.4. The van der Waals surface area contributed by atoms with Gasteiger partial charge in [-0.3, -0.25) is 4.68 Å². The van der Waals surface area contributed by atoms with Crippen LogP contribution in [0.4, 0.5) is 0 Å². The molecular formula is C18H27N3O2S. The highest BCUT2D eigenvalue weighted by Crippen LogP contribution is 2.26. The molecular weight excluding hydrogens is 322 g/mol. The fraction of sp³-hybridized carbons (Fsp3) is 0.500. The highest BCUT2D eigenvalue weighted by molar-refractivity contribution is 7.89. The summed E-state index contributed by atoms with van der Waals surface area (Å²) in [6, 6.07) is 7.06. The van der Waals surface area contributed by atoms with Gasteiger partial charge in [0.2, 0.25) is 10.0 Å². The van der Waals surface area contributed by atoms with Gasteiger partial charge in [-0.2, -0.15) is 9.40 Å². The maximum Gasteiger partial charge on any atom is 0.243 e. The second-order valence-corrected chi connectivity index (χ2v) is 9.33. The monoisotopic (exact) mass is 349 g/mol. The molecule has 24 heavy (non-hydrogen) atoms. The van der Waals surface area contributed by atoms with Crippen LogP contribution >= 0.6 is 0 Å². The van der Waals surface area contributed by atoms with Crippen LogP contribution in [0, 0.1) is 0 Å². The molecule has 0 unspecified atom stereocenters. The smallest absolute Gasteiger partial charge is 0.243 e. The SMILES string of the molecule is CC(C)N(Cc1cnn(C)c1)S(=O)(=O)c1ccc(C(C)(C)C)cc1. The van der Waals surface area contributed by atoms with Crippen molar-refractivity contribution in [2.45, 2.75) is 57.5 Å². The lowest BCUT2D eigenvalue weighted by molar-refractivity contribution is 0.348. The summed E-state index contributed by atoms with van der Waals surface area (Å²) in [5.74, 6) is 0. The third-order valence-electron chi connectivity index (χ3n) is 4.00. The summed E-state index contributed by atoms with van der Waals surface area (Å²) in [6.07, 6.45) is 3.54. The van der Waals surface area contributed by atoms with E-state index in [0.717, 1.165) is 11.1 Å². The first-order valence-electron chi connectivity index (χ1n) is 8.12. The number of aryl methyl sites for hydroxylation is 1. The number of hydrogen-bond acceptors (Lipinski definition) is 3. The Bertz CT molecular complexity index is 784. The molecule has 0 N–H and O–H groups in total. The molecule has 0 bridgehead atoms. The summed E-state index contributed by atoms with van der Waals surface area (Å²) in [7, 11) is -1.73. The van der Waals surface area contributed by atoms with Crippen molar-refractivity contribution in [3.63, 3.8) is 0 Å². The number of hydrogen-bond donors (Lipinski definition) is 0. The van der Waals surface area contributed by atoms with E-state index in [4.69, 9.17) is 0 Å². The Morgan fingerprint density at radius 1 is 1.17 bits per heavy atom. The van der Waals surface area contributed by atoms with Crippen molar-refractivity contribution in [1.82, 2.24) is 14.1 Å². The first kappa shape index (κ1) is 18.7. The summed E-state index contributed by atoms with van der Waals surface area (Å²) in [5.41, 5.74) is 1.99. The predicted octanol–water partition coefficient (Wildman–Crippen LogP) is 3.32. The van der Waals surface area contributed by atoms with Gasteiger partial charge >= 0.3 is 0 Å². The molecule has 132 valence electrons. The van der Waals surface area contributed by atoms with Crippen molar-refractivity contribution in [3.8, 4) is 0 Å². The Balaban J connectivity index is 2.34. The first-order chi connectivity index (χ1) is 11.0. The van der Waals surface area contributed by atoms with Crippen molar-refractivity contribution >= 4 is 10.0 Å². The zero-order valence-electron chi connectivity index (χ0n) is 15.3. The number of benzene rings is 1. The third-order valence-corrected chi connectivity index (χ3v) is 6.04. The quantitative estimate of drug-likeness (QED) is 0.832. The lowest BCUT2D eigenvalue weighted by Crippen LogP contribution is -2.36. The summed E-state index contributed by atoms with van der Waals surface area (Å²) < 4.78 is 29.3. The number of aromatic nitrogens is 2. The van der Waals surface area contributed by atoms with Crippen molar-refractivity contribution in [2.75, 3.05) is 0 Å². The van der Waals surface area contributed by atoms with Gasteiger partial charge in [0, 0.05) is 31.4 Å². The molecule has 0 radical (unpaired) electrons. The Labute approximate surface area is 145 Å². The van der Waals surface area contributed by atoms with Crippen LogP contribution in [0.15, 0.2) is 41.6 Å². The molecule has 0 spiro atoms. The molecule has 6 heteroatoms. The second-order valence-electron chi connectivity index (χ2n) is 7.44. The van der Waals surface area contributed by atoms with Crippen molar-refractivity contribution in [2.24, 2.45) is 7.05 Å². The van der Waals surface area contributed by atoms with Crippen LogP contribution in [0.2, 0.25) is 0 Å². The zero-order chi connectivity index (χ0) is 18.1. The van der Waals surface area contributed by atoms with Crippen LogP contribution in [0.1, 0.15) is 45.7 Å². The van der Waals surface area contributed by atoms with Gasteiger partial charge in [-0.25, -0.2) is 8.42 Å². The van der Waals surface area contributed by atoms with Crippen molar-refractivity contribution in [3.05, 3.63) is 47.8 Å². The van der Waals surface area contributed by atoms with Gasteiger partial charge in [0.15, 0.2) is 0 Å². The van der Waals surface area contributed by atoms with Crippen molar-refractivity contribution < 1.29 is 8.42 Å². The fourth-order valence-corrected chi connectivity index (χ4v) is 4.17. The van der Waals surface area contributed by atoms with Crippen LogP contribution < -0.4 is 0 Å². The highest BCUT2D eigenvalue weighted by Gasteiger charge is 2.28. The maximum absolute atomic E-state index is 13.0. The van der Waals surface area contributed by atoms with Gasteiger partial charge in [0.25, 0.3) is 0 Å². The minimum Gasteiger partial charge on any atom is -0.275 e. The average Bonchev–Trinajstić information content (AvgIpc) is 2.89. The van der Waals surface area contributed by atoms with E-state index in [1.165, 1.54) is 4.31 Å². The van der Waals surface area contributed by atoms with Crippen LogP contribution in [0.3, 0.4) is 0 Å². The van der Waals surface area contributed by atoms with Crippen molar-refractivity contribution in [1.29, 1.82) is 0 Å². The molecule has 0 aliphatic heterocycles. The van der Waals surface area contributed by atoms with E-state index in [1.807, 2.05) is 39.2 Å². The number of nitrogens with zero attached hydrogens (tertiary/aromatic N) is 3. The van der Waals surface area contributed by atoms with Gasteiger partial charge in [0.1, 0.15) is 0 Å². The minimum atomic E-state index is -3.56. The lowest BCUT2D eigenvalue weighted by Gasteiger charge is -2.26. The molecule has 1 aromatic heterocycles. The number of rotatable bonds is 5. The molecule has 0 aliphatic carbocycles. The van der Waals surface area contributed by atoms with Crippen LogP contribution in [-0.4, -0.2) is 28.5 Å². The molecule has 0 fully saturated rings. The van der Waals surface area contributed by atoms with E-state index in [2.05, 4.69) is 25.9 Å². The van der Waals surface area contributed by atoms with E-state index >= 15 is 0 Å². The third kappa shape index (κ3) is 4.05. The molecule has 5 nitrogen and oxygen atoms in total. The Morgan fingerprint density at radius 2 is 1.75 bits per heavy atom. The second kappa shape index (κ2) is 6.69. The van der Waals surface area contributed by atoms with Gasteiger partial charge in [0.05, 0.1) is 11.1 Å². The standard InChI is InChI=1S/C18H27N3O2S/c1-14(2)21(13-15-11-19-20(6)12-15)24(22,23)17-9-7-16(8-10-17)18(3,4)5/h7-12,14H,13H2,1-6H3. The van der Waals surface area contributed by atoms with Crippen LogP contribution in [-0.2, 0) is 29.0 Å². The fourth-order valence-electron chi connectivity index (χ4n) is 2.54. The molecule has 2 aromatic rings. The molecule has 0 amide bonds. The Morgan fingerprint density at radius 3 is 2.17 bits per heavy atom. The highest BCUT2D eigenvalue weighted by atomic mass is 32.2. The number of sulfonamides is 1. The summed E-state index contributed by atoms with van der Waals surface area (Å²) >= 11 is 0. The van der Waals surface area contributed by atoms with E-state index in [-0.39, 0.29) is 11.5 Å². The predicted molar refractivity (Wildman–Crippen MR) is 96.2 cm³/mol. The van der Waals surface area contributed by atoms with E-state index in [9.17, 15) is 8.42 Å². The van der Waals surface area contributed by atoms with Gasteiger partial charge < -0.3 is 0 Å². The maximum atomic E-state index is 13.0. The van der Waals surface area contributed by atoms with Gasteiger partial charge in [-0.05, 0) is 37.0 Å². The van der Waals surface area contributed by atoms with Gasteiger partial charge in [-0.15, -0.1) is 0 Å². The Kier molecular flexibility index (Phi) is 5.20. The van der Waals surface area contributed by atoms with E-state index in [0.29, 0.717) is 11.4 Å². The molecule has 0 aliphatic rings. The van der Waals surface area contributed by atoms with Gasteiger partial charge in [-0.1, -0.05) is 32.9 Å². The summed E-state index contributed by atoms with van der Waals surface area (Å²) in [4.78, 5) is 0.327. The van der Waals surface area contributed by atoms with Crippen LogP contribution in [0.5, 0.6) is 0 Å². The molecule has 0 atom stereocenters. The largest absolute Gasteiger partial charge is 0.275 e. The molecule has 1 aromatic carbocycles. The normalized spacial score (nSPS) is 13.0. The topological polar surface area (TPSA) is 55.2 Å². The lowest BCUT2D eigenvalue weighted by atomic mass is 9.87. The Hall–Kier alpha value is -1.66. The van der Waals surface area contributed by atoms with Crippen LogP contribution in [0.25, 0.3) is 0 Å². The van der Waals surface area contributed by atoms with E-state index < -0.39 is 10.0 Å². The summed E-state index contributed by atoms with van der Waals surface area (Å²) in [5, 5.41) is 4.12. The molecule has 1 heterocycles.